The maximum Gasteiger partial charge on any atom is 0.296 e. The first-order valence-electron chi connectivity index (χ1n) is 3.53. The van der Waals surface area contributed by atoms with Crippen molar-refractivity contribution in [2.45, 2.75) is 5.97 Å². The standard InChI is InChI=1S/C7H7F3O3Si/c8-4-1-3(7(11,12)13-14)2-5(9)6(4)10/h1-2,11-12H,14H3. The van der Waals surface area contributed by atoms with Gasteiger partial charge in [0.25, 0.3) is 5.97 Å². The number of rotatable bonds is 2. The first-order valence-corrected chi connectivity index (χ1v) is 4.35. The topological polar surface area (TPSA) is 49.7 Å². The first-order chi connectivity index (χ1) is 6.38. The smallest absolute Gasteiger partial charge is 0.296 e. The number of aliphatic hydroxyl groups is 2. The van der Waals surface area contributed by atoms with Gasteiger partial charge in [-0.1, -0.05) is 0 Å². The van der Waals surface area contributed by atoms with Gasteiger partial charge in [-0.3, -0.25) is 0 Å². The lowest BCUT2D eigenvalue weighted by atomic mass is 10.1. The van der Waals surface area contributed by atoms with Crippen LogP contribution in [0, 0.1) is 17.5 Å². The normalized spacial score (nSPS) is 12.1. The minimum absolute atomic E-state index is 0.0625. The van der Waals surface area contributed by atoms with Crippen LogP contribution in [-0.4, -0.2) is 20.7 Å². The molecule has 0 fully saturated rings. The van der Waals surface area contributed by atoms with E-state index in [0.717, 1.165) is 0 Å². The first kappa shape index (κ1) is 11.2. The Bertz CT molecular complexity index is 333. The van der Waals surface area contributed by atoms with E-state index in [-0.39, 0.29) is 10.5 Å². The molecule has 1 aromatic rings. The monoisotopic (exact) mass is 224 g/mol. The summed E-state index contributed by atoms with van der Waals surface area (Å²) in [7, 11) is -0.0625. The van der Waals surface area contributed by atoms with Crippen LogP contribution in [0.5, 0.6) is 0 Å². The van der Waals surface area contributed by atoms with E-state index in [9.17, 15) is 13.2 Å². The van der Waals surface area contributed by atoms with Gasteiger partial charge in [0, 0.05) is 5.56 Å². The van der Waals surface area contributed by atoms with Gasteiger partial charge < -0.3 is 14.6 Å². The van der Waals surface area contributed by atoms with Crippen molar-refractivity contribution in [3.8, 4) is 0 Å². The second-order valence-electron chi connectivity index (χ2n) is 2.57. The summed E-state index contributed by atoms with van der Waals surface area (Å²) < 4.78 is 42.0. The molecule has 0 aliphatic heterocycles. The Morgan fingerprint density at radius 1 is 1.14 bits per heavy atom. The van der Waals surface area contributed by atoms with Gasteiger partial charge in [0.05, 0.1) is 0 Å². The molecule has 0 atom stereocenters. The fourth-order valence-corrected chi connectivity index (χ4v) is 1.10. The quantitative estimate of drug-likeness (QED) is 0.404. The molecular formula is C7H7F3O3Si. The molecule has 0 saturated carbocycles. The highest BCUT2D eigenvalue weighted by Gasteiger charge is 2.27. The molecule has 0 saturated heterocycles. The SMILES string of the molecule is OC(O)(O[SiH3])c1cc(F)c(F)c(F)c1. The molecule has 1 rings (SSSR count). The summed E-state index contributed by atoms with van der Waals surface area (Å²) in [6.45, 7) is 0. The van der Waals surface area contributed by atoms with E-state index in [0.29, 0.717) is 12.1 Å². The van der Waals surface area contributed by atoms with E-state index in [4.69, 9.17) is 10.2 Å². The Kier molecular flexibility index (Phi) is 2.95. The zero-order chi connectivity index (χ0) is 10.9. The van der Waals surface area contributed by atoms with Crippen LogP contribution in [0.3, 0.4) is 0 Å². The fourth-order valence-electron chi connectivity index (χ4n) is 0.861. The Hall–Kier alpha value is -0.893. The summed E-state index contributed by atoms with van der Waals surface area (Å²) >= 11 is 0. The van der Waals surface area contributed by atoms with Crippen molar-refractivity contribution in [3.63, 3.8) is 0 Å². The summed E-state index contributed by atoms with van der Waals surface area (Å²) in [5.74, 6) is -7.46. The lowest BCUT2D eigenvalue weighted by molar-refractivity contribution is -0.303. The van der Waals surface area contributed by atoms with E-state index < -0.39 is 29.0 Å². The third kappa shape index (κ3) is 1.95. The van der Waals surface area contributed by atoms with Crippen LogP contribution in [0.25, 0.3) is 0 Å². The number of hydrogen-bond acceptors (Lipinski definition) is 3. The largest absolute Gasteiger partial charge is 0.377 e. The van der Waals surface area contributed by atoms with Crippen LogP contribution >= 0.6 is 0 Å². The number of benzene rings is 1. The molecule has 0 amide bonds. The Labute approximate surface area is 80.3 Å². The van der Waals surface area contributed by atoms with E-state index in [1.807, 2.05) is 0 Å². The van der Waals surface area contributed by atoms with Crippen molar-refractivity contribution < 1.29 is 27.8 Å². The Morgan fingerprint density at radius 3 is 1.93 bits per heavy atom. The molecule has 78 valence electrons. The Morgan fingerprint density at radius 2 is 1.57 bits per heavy atom. The van der Waals surface area contributed by atoms with Crippen molar-refractivity contribution in [2.24, 2.45) is 0 Å². The second kappa shape index (κ2) is 3.69. The predicted octanol–water partition coefficient (Wildman–Crippen LogP) is -0.504. The molecule has 0 aliphatic rings. The van der Waals surface area contributed by atoms with Crippen LogP contribution < -0.4 is 0 Å². The summed E-state index contributed by atoms with van der Waals surface area (Å²) in [4.78, 5) is 0. The van der Waals surface area contributed by atoms with E-state index >= 15 is 0 Å². The van der Waals surface area contributed by atoms with Crippen LogP contribution in [0.4, 0.5) is 13.2 Å². The van der Waals surface area contributed by atoms with Gasteiger partial charge in [-0.25, -0.2) is 13.2 Å². The lowest BCUT2D eigenvalue weighted by Gasteiger charge is -2.20. The highest BCUT2D eigenvalue weighted by Crippen LogP contribution is 2.22. The van der Waals surface area contributed by atoms with Gasteiger partial charge in [-0.15, -0.1) is 0 Å². The molecule has 3 nitrogen and oxygen atoms in total. The minimum atomic E-state index is -2.78. The zero-order valence-electron chi connectivity index (χ0n) is 7.09. The van der Waals surface area contributed by atoms with Crippen molar-refractivity contribution in [3.05, 3.63) is 35.1 Å². The zero-order valence-corrected chi connectivity index (χ0v) is 9.09. The van der Waals surface area contributed by atoms with Gasteiger partial charge in [-0.05, 0) is 12.1 Å². The summed E-state index contributed by atoms with van der Waals surface area (Å²) in [6.07, 6.45) is 0. The van der Waals surface area contributed by atoms with Crippen LogP contribution in [0.2, 0.25) is 0 Å². The summed E-state index contributed by atoms with van der Waals surface area (Å²) in [5, 5.41) is 18.1. The molecule has 14 heavy (non-hydrogen) atoms. The maximum atomic E-state index is 12.6. The van der Waals surface area contributed by atoms with Crippen molar-refractivity contribution in [1.82, 2.24) is 0 Å². The molecule has 0 bridgehead atoms. The van der Waals surface area contributed by atoms with Gasteiger partial charge >= 0.3 is 0 Å². The molecule has 0 aromatic heterocycles. The van der Waals surface area contributed by atoms with Gasteiger partial charge in [-0.2, -0.15) is 0 Å². The molecule has 0 unspecified atom stereocenters. The molecule has 0 heterocycles. The lowest BCUT2D eigenvalue weighted by Crippen LogP contribution is -2.28. The van der Waals surface area contributed by atoms with E-state index in [1.54, 1.807) is 0 Å². The second-order valence-corrected chi connectivity index (χ2v) is 2.97. The fraction of sp³-hybridized carbons (Fsp3) is 0.143. The molecule has 2 N–H and O–H groups in total. The van der Waals surface area contributed by atoms with Crippen molar-refractivity contribution in [1.29, 1.82) is 0 Å². The molecule has 1 aromatic carbocycles. The van der Waals surface area contributed by atoms with E-state index in [1.165, 1.54) is 0 Å². The molecule has 7 heteroatoms. The number of hydrogen-bond donors (Lipinski definition) is 2. The molecule has 0 spiro atoms. The van der Waals surface area contributed by atoms with Gasteiger partial charge in [0.2, 0.25) is 0 Å². The van der Waals surface area contributed by atoms with Crippen molar-refractivity contribution >= 4 is 10.5 Å². The third-order valence-corrected chi connectivity index (χ3v) is 2.21. The van der Waals surface area contributed by atoms with Gasteiger partial charge in [0.1, 0.15) is 0 Å². The average molecular weight is 224 g/mol. The number of halogens is 3. The predicted molar refractivity (Wildman–Crippen MR) is 43.5 cm³/mol. The summed E-state index contributed by atoms with van der Waals surface area (Å²) in [6, 6.07) is 0.909. The Balaban J connectivity index is 3.26. The van der Waals surface area contributed by atoms with Crippen molar-refractivity contribution in [2.75, 3.05) is 0 Å². The van der Waals surface area contributed by atoms with Crippen LogP contribution in [-0.2, 0) is 10.4 Å². The third-order valence-electron chi connectivity index (χ3n) is 1.64. The van der Waals surface area contributed by atoms with Crippen LogP contribution in [0.15, 0.2) is 12.1 Å². The van der Waals surface area contributed by atoms with E-state index in [2.05, 4.69) is 4.43 Å². The molecule has 0 aliphatic carbocycles. The minimum Gasteiger partial charge on any atom is -0.377 e. The molecule has 0 radical (unpaired) electrons. The molecular weight excluding hydrogens is 217 g/mol. The summed E-state index contributed by atoms with van der Waals surface area (Å²) in [5.41, 5.74) is -0.594. The maximum absolute atomic E-state index is 12.6. The highest BCUT2D eigenvalue weighted by atomic mass is 28.2. The highest BCUT2D eigenvalue weighted by molar-refractivity contribution is 5.98. The average Bonchev–Trinajstić information content (AvgIpc) is 2.13. The van der Waals surface area contributed by atoms with Crippen LogP contribution in [0.1, 0.15) is 5.56 Å². The van der Waals surface area contributed by atoms with Gasteiger partial charge in [0.15, 0.2) is 27.9 Å².